The summed E-state index contributed by atoms with van der Waals surface area (Å²) < 4.78 is 23.7. The number of aryl methyl sites for hydroxylation is 1. The van der Waals surface area contributed by atoms with Gasteiger partial charge in [-0.15, -0.1) is 0 Å². The number of carbonyl (C=O) groups excluding carboxylic acids is 1. The molecule has 1 aromatic carbocycles. The van der Waals surface area contributed by atoms with Gasteiger partial charge >= 0.3 is 5.97 Å². The Morgan fingerprint density at radius 3 is 2.80 bits per heavy atom. The zero-order valence-corrected chi connectivity index (χ0v) is 11.3. The van der Waals surface area contributed by atoms with Crippen LogP contribution in [0.25, 0.3) is 11.5 Å². The molecule has 0 saturated heterocycles. The Labute approximate surface area is 115 Å². The van der Waals surface area contributed by atoms with Gasteiger partial charge in [-0.1, -0.05) is 0 Å². The molecular formula is C15H14FNO3. The minimum Gasteiger partial charge on any atom is -0.464 e. The summed E-state index contributed by atoms with van der Waals surface area (Å²) in [5.74, 6) is 0.368. The largest absolute Gasteiger partial charge is 0.464 e. The van der Waals surface area contributed by atoms with E-state index < -0.39 is 5.97 Å². The van der Waals surface area contributed by atoms with Crippen molar-refractivity contribution in [2.24, 2.45) is 0 Å². The number of esters is 1. The predicted molar refractivity (Wildman–Crippen MR) is 69.9 cm³/mol. The van der Waals surface area contributed by atoms with Crippen LogP contribution in [-0.4, -0.2) is 18.1 Å². The number of rotatable bonds is 3. The van der Waals surface area contributed by atoms with Crippen molar-refractivity contribution in [3.05, 3.63) is 41.0 Å². The quantitative estimate of drug-likeness (QED) is 0.805. The molecule has 0 aliphatic heterocycles. The van der Waals surface area contributed by atoms with E-state index in [1.165, 1.54) is 13.2 Å². The smallest absolute Gasteiger partial charge is 0.360 e. The highest BCUT2D eigenvalue weighted by atomic mass is 19.1. The highest BCUT2D eigenvalue weighted by Crippen LogP contribution is 2.43. The zero-order valence-electron chi connectivity index (χ0n) is 11.3. The van der Waals surface area contributed by atoms with Crippen LogP contribution in [0.5, 0.6) is 0 Å². The highest BCUT2D eigenvalue weighted by Gasteiger charge is 2.34. The third kappa shape index (κ3) is 2.19. The Hall–Kier alpha value is -2.17. The van der Waals surface area contributed by atoms with E-state index in [2.05, 4.69) is 4.98 Å². The Balaban J connectivity index is 2.05. The number of ether oxygens (including phenoxy) is 1. The third-order valence-electron chi connectivity index (χ3n) is 3.39. The van der Waals surface area contributed by atoms with Crippen LogP contribution in [0, 0.1) is 12.7 Å². The Morgan fingerprint density at radius 2 is 2.20 bits per heavy atom. The number of nitrogens with zero attached hydrogens (tertiary/aromatic N) is 1. The monoisotopic (exact) mass is 275 g/mol. The minimum atomic E-state index is -0.499. The van der Waals surface area contributed by atoms with Crippen molar-refractivity contribution in [3.63, 3.8) is 0 Å². The van der Waals surface area contributed by atoms with Gasteiger partial charge in [0, 0.05) is 11.5 Å². The molecule has 4 nitrogen and oxygen atoms in total. The maximum absolute atomic E-state index is 13.3. The maximum Gasteiger partial charge on any atom is 0.360 e. The molecule has 2 aromatic rings. The van der Waals surface area contributed by atoms with Gasteiger partial charge in [0.05, 0.1) is 7.11 Å². The first-order valence-corrected chi connectivity index (χ1v) is 6.45. The molecule has 0 amide bonds. The van der Waals surface area contributed by atoms with Crippen LogP contribution in [-0.2, 0) is 4.74 Å². The first-order valence-electron chi connectivity index (χ1n) is 6.45. The molecule has 1 aliphatic carbocycles. The van der Waals surface area contributed by atoms with E-state index in [1.54, 1.807) is 19.1 Å². The van der Waals surface area contributed by atoms with E-state index in [0.29, 0.717) is 22.8 Å². The average molecular weight is 275 g/mol. The van der Waals surface area contributed by atoms with E-state index in [9.17, 15) is 9.18 Å². The standard InChI is InChI=1S/C15H14FNO3/c1-8-7-10(5-6-11(8)16)14-17-12(15(18)19-2)13(20-14)9-3-4-9/h5-7,9H,3-4H2,1-2H3. The van der Waals surface area contributed by atoms with Crippen molar-refractivity contribution in [2.75, 3.05) is 7.11 Å². The fourth-order valence-electron chi connectivity index (χ4n) is 2.10. The summed E-state index contributed by atoms with van der Waals surface area (Å²) in [6.45, 7) is 1.67. The zero-order chi connectivity index (χ0) is 14.3. The summed E-state index contributed by atoms with van der Waals surface area (Å²) in [6, 6.07) is 4.61. The predicted octanol–water partition coefficient (Wildman–Crippen LogP) is 3.45. The molecule has 0 unspecified atom stereocenters. The molecule has 3 rings (SSSR count). The highest BCUT2D eigenvalue weighted by molar-refractivity contribution is 5.89. The second-order valence-electron chi connectivity index (χ2n) is 4.96. The van der Waals surface area contributed by atoms with Crippen LogP contribution >= 0.6 is 0 Å². The van der Waals surface area contributed by atoms with Gasteiger partial charge in [-0.05, 0) is 43.5 Å². The number of halogens is 1. The van der Waals surface area contributed by atoms with Crippen LogP contribution in [0.2, 0.25) is 0 Å². The molecule has 5 heteroatoms. The molecule has 104 valence electrons. The summed E-state index contributed by atoms with van der Waals surface area (Å²) in [5.41, 5.74) is 1.39. The molecule has 0 atom stereocenters. The van der Waals surface area contributed by atoms with Gasteiger partial charge < -0.3 is 9.15 Å². The Bertz CT molecular complexity index is 674. The normalized spacial score (nSPS) is 14.3. The molecule has 1 aliphatic rings. The second-order valence-corrected chi connectivity index (χ2v) is 4.96. The van der Waals surface area contributed by atoms with E-state index >= 15 is 0 Å². The van der Waals surface area contributed by atoms with E-state index in [1.807, 2.05) is 0 Å². The van der Waals surface area contributed by atoms with Crippen molar-refractivity contribution < 1.29 is 18.3 Å². The first-order chi connectivity index (χ1) is 9.60. The van der Waals surface area contributed by atoms with Crippen molar-refractivity contribution in [1.82, 2.24) is 4.98 Å². The van der Waals surface area contributed by atoms with Gasteiger partial charge in [0.2, 0.25) is 5.89 Å². The Kier molecular flexibility index (Phi) is 3.04. The van der Waals surface area contributed by atoms with Crippen LogP contribution < -0.4 is 0 Å². The van der Waals surface area contributed by atoms with E-state index in [4.69, 9.17) is 9.15 Å². The molecule has 0 spiro atoms. The average Bonchev–Trinajstić information content (AvgIpc) is 3.20. The van der Waals surface area contributed by atoms with Crippen molar-refractivity contribution in [3.8, 4) is 11.5 Å². The van der Waals surface area contributed by atoms with Gasteiger partial charge in [0.1, 0.15) is 11.6 Å². The van der Waals surface area contributed by atoms with Crippen LogP contribution in [0.1, 0.15) is 40.6 Å². The number of hydrogen-bond donors (Lipinski definition) is 0. The van der Waals surface area contributed by atoms with E-state index in [-0.39, 0.29) is 17.4 Å². The summed E-state index contributed by atoms with van der Waals surface area (Å²) in [5, 5.41) is 0. The van der Waals surface area contributed by atoms with Crippen molar-refractivity contribution >= 4 is 5.97 Å². The van der Waals surface area contributed by atoms with Gasteiger partial charge in [-0.2, -0.15) is 0 Å². The van der Waals surface area contributed by atoms with Gasteiger partial charge in [0.15, 0.2) is 5.69 Å². The molecule has 0 radical (unpaired) electrons. The topological polar surface area (TPSA) is 52.3 Å². The SMILES string of the molecule is COC(=O)c1nc(-c2ccc(F)c(C)c2)oc1C1CC1. The number of oxazole rings is 1. The van der Waals surface area contributed by atoms with Gasteiger partial charge in [-0.3, -0.25) is 0 Å². The number of benzene rings is 1. The molecule has 1 fully saturated rings. The van der Waals surface area contributed by atoms with E-state index in [0.717, 1.165) is 12.8 Å². The third-order valence-corrected chi connectivity index (χ3v) is 3.39. The van der Waals surface area contributed by atoms with Gasteiger partial charge in [0.25, 0.3) is 0 Å². The molecule has 0 bridgehead atoms. The molecule has 1 heterocycles. The lowest BCUT2D eigenvalue weighted by Gasteiger charge is -1.99. The van der Waals surface area contributed by atoms with Crippen LogP contribution in [0.3, 0.4) is 0 Å². The first kappa shape index (κ1) is 12.8. The maximum atomic E-state index is 13.3. The van der Waals surface area contributed by atoms with Crippen molar-refractivity contribution in [1.29, 1.82) is 0 Å². The minimum absolute atomic E-state index is 0.229. The number of methoxy groups -OCH3 is 1. The lowest BCUT2D eigenvalue weighted by Crippen LogP contribution is -2.04. The second kappa shape index (κ2) is 4.74. The fraction of sp³-hybridized carbons (Fsp3) is 0.333. The molecule has 0 N–H and O–H groups in total. The molecule has 20 heavy (non-hydrogen) atoms. The molecule has 1 saturated carbocycles. The Morgan fingerprint density at radius 1 is 1.45 bits per heavy atom. The van der Waals surface area contributed by atoms with Crippen LogP contribution in [0.15, 0.2) is 22.6 Å². The summed E-state index contributed by atoms with van der Waals surface area (Å²) >= 11 is 0. The number of hydrogen-bond acceptors (Lipinski definition) is 4. The molecular weight excluding hydrogens is 261 g/mol. The lowest BCUT2D eigenvalue weighted by molar-refractivity contribution is 0.0592. The van der Waals surface area contributed by atoms with Crippen molar-refractivity contribution in [2.45, 2.75) is 25.7 Å². The summed E-state index contributed by atoms with van der Waals surface area (Å²) in [4.78, 5) is 15.9. The number of aromatic nitrogens is 1. The lowest BCUT2D eigenvalue weighted by atomic mass is 10.1. The summed E-state index contributed by atoms with van der Waals surface area (Å²) in [6.07, 6.45) is 1.97. The van der Waals surface area contributed by atoms with Crippen LogP contribution in [0.4, 0.5) is 4.39 Å². The molecule has 1 aromatic heterocycles. The van der Waals surface area contributed by atoms with Gasteiger partial charge in [-0.25, -0.2) is 14.2 Å². The fourth-order valence-corrected chi connectivity index (χ4v) is 2.10. The summed E-state index contributed by atoms with van der Waals surface area (Å²) in [7, 11) is 1.31. The number of carbonyl (C=O) groups is 1.